The van der Waals surface area contributed by atoms with Gasteiger partial charge in [0.2, 0.25) is 5.91 Å². The molecule has 1 aliphatic heterocycles. The smallest absolute Gasteiger partial charge is 0.255 e. The second kappa shape index (κ2) is 8.65. The summed E-state index contributed by atoms with van der Waals surface area (Å²) >= 11 is 0. The number of methoxy groups -OCH3 is 1. The summed E-state index contributed by atoms with van der Waals surface area (Å²) in [7, 11) is 1.59. The molecule has 2 fully saturated rings. The molecule has 2 amide bonds. The van der Waals surface area contributed by atoms with Crippen molar-refractivity contribution in [3.05, 3.63) is 41.7 Å². The van der Waals surface area contributed by atoms with E-state index in [1.807, 2.05) is 0 Å². The maximum Gasteiger partial charge on any atom is 0.255 e. The highest BCUT2D eigenvalue weighted by molar-refractivity contribution is 6.04. The fraction of sp³-hybridized carbons (Fsp3) is 0.476. The van der Waals surface area contributed by atoms with Crippen LogP contribution in [0.3, 0.4) is 0 Å². The highest BCUT2D eigenvalue weighted by Crippen LogP contribution is 2.30. The Morgan fingerprint density at radius 3 is 2.76 bits per heavy atom. The van der Waals surface area contributed by atoms with E-state index in [-0.39, 0.29) is 17.7 Å². The number of H-pyrrole nitrogens is 1. The molecular weight excluding hydrogens is 370 g/mol. The summed E-state index contributed by atoms with van der Waals surface area (Å²) in [5.74, 6) is 0.822. The first-order chi connectivity index (χ1) is 14.1. The summed E-state index contributed by atoms with van der Waals surface area (Å²) in [4.78, 5) is 26.9. The number of anilines is 1. The predicted molar refractivity (Wildman–Crippen MR) is 109 cm³/mol. The quantitative estimate of drug-likeness (QED) is 0.665. The number of aromatic amines is 1. The van der Waals surface area contributed by atoms with Gasteiger partial charge in [0, 0.05) is 24.1 Å². The maximum absolute atomic E-state index is 12.6. The average Bonchev–Trinajstić information content (AvgIpc) is 3.42. The first kappa shape index (κ1) is 19.4. The van der Waals surface area contributed by atoms with E-state index in [0.29, 0.717) is 29.6 Å². The largest absolute Gasteiger partial charge is 0.497 e. The van der Waals surface area contributed by atoms with Gasteiger partial charge in [0.1, 0.15) is 5.75 Å². The molecule has 154 valence electrons. The monoisotopic (exact) mass is 397 g/mol. The van der Waals surface area contributed by atoms with Crippen LogP contribution in [0, 0.1) is 0 Å². The third kappa shape index (κ3) is 4.95. The van der Waals surface area contributed by atoms with Crippen LogP contribution in [-0.2, 0) is 4.79 Å². The minimum Gasteiger partial charge on any atom is -0.497 e. The Balaban J connectivity index is 1.38. The zero-order valence-electron chi connectivity index (χ0n) is 16.6. The third-order valence-corrected chi connectivity index (χ3v) is 5.49. The number of amides is 2. The van der Waals surface area contributed by atoms with E-state index in [0.717, 1.165) is 44.5 Å². The van der Waals surface area contributed by atoms with Gasteiger partial charge in [-0.05, 0) is 56.5 Å². The molecule has 2 heterocycles. The minimum absolute atomic E-state index is 0.103. The number of carbonyl (C=O) groups is 2. The van der Waals surface area contributed by atoms with Crippen molar-refractivity contribution in [1.82, 2.24) is 20.4 Å². The molecule has 29 heavy (non-hydrogen) atoms. The van der Waals surface area contributed by atoms with Crippen molar-refractivity contribution in [3.8, 4) is 5.75 Å². The number of hydrogen-bond donors (Lipinski definition) is 3. The number of rotatable bonds is 7. The lowest BCUT2D eigenvalue weighted by Gasteiger charge is -2.32. The van der Waals surface area contributed by atoms with E-state index >= 15 is 0 Å². The van der Waals surface area contributed by atoms with E-state index < -0.39 is 0 Å². The van der Waals surface area contributed by atoms with Crippen LogP contribution in [0.15, 0.2) is 30.5 Å². The number of nitrogens with one attached hydrogen (secondary N) is 3. The Morgan fingerprint density at radius 1 is 1.24 bits per heavy atom. The lowest BCUT2D eigenvalue weighted by molar-refractivity contribution is -0.122. The molecule has 4 rings (SSSR count). The molecule has 3 N–H and O–H groups in total. The van der Waals surface area contributed by atoms with Crippen molar-refractivity contribution in [1.29, 1.82) is 0 Å². The number of carbonyl (C=O) groups excluding carboxylic acids is 2. The standard InChI is InChI=1S/C21H27N5O3/c1-29-17-8-4-14(5-9-17)21(28)24-18-11-22-25-20(18)15-3-2-10-26(12-15)13-19(27)23-16-6-7-16/h4-5,8-9,11,15-16H,2-3,6-7,10,12-13H2,1H3,(H,22,25)(H,23,27)(H,24,28)/t15-/m0/s1. The Hall–Kier alpha value is -2.87. The summed E-state index contributed by atoms with van der Waals surface area (Å²) in [6, 6.07) is 7.37. The van der Waals surface area contributed by atoms with E-state index in [1.54, 1.807) is 37.6 Å². The van der Waals surface area contributed by atoms with E-state index in [9.17, 15) is 9.59 Å². The number of nitrogens with zero attached hydrogens (tertiary/aromatic N) is 2. The fourth-order valence-electron chi connectivity index (χ4n) is 3.78. The van der Waals surface area contributed by atoms with E-state index in [4.69, 9.17) is 4.74 Å². The van der Waals surface area contributed by atoms with Gasteiger partial charge in [-0.15, -0.1) is 0 Å². The zero-order chi connectivity index (χ0) is 20.2. The van der Waals surface area contributed by atoms with Gasteiger partial charge in [-0.1, -0.05) is 0 Å². The first-order valence-corrected chi connectivity index (χ1v) is 10.1. The molecule has 2 aromatic rings. The van der Waals surface area contributed by atoms with Crippen LogP contribution in [0.2, 0.25) is 0 Å². The summed E-state index contributed by atoms with van der Waals surface area (Å²) in [5.41, 5.74) is 2.17. The summed E-state index contributed by atoms with van der Waals surface area (Å²) in [5, 5.41) is 13.2. The summed E-state index contributed by atoms with van der Waals surface area (Å²) < 4.78 is 5.14. The van der Waals surface area contributed by atoms with Crippen LogP contribution < -0.4 is 15.4 Å². The van der Waals surface area contributed by atoms with Crippen molar-refractivity contribution in [2.75, 3.05) is 32.1 Å². The second-order valence-electron chi connectivity index (χ2n) is 7.80. The first-order valence-electron chi connectivity index (χ1n) is 10.1. The summed E-state index contributed by atoms with van der Waals surface area (Å²) in [6.07, 6.45) is 5.84. The Labute approximate surface area is 170 Å². The Kier molecular flexibility index (Phi) is 5.80. The molecule has 0 radical (unpaired) electrons. The van der Waals surface area contributed by atoms with Gasteiger partial charge in [-0.25, -0.2) is 0 Å². The molecule has 1 aromatic heterocycles. The van der Waals surface area contributed by atoms with Gasteiger partial charge in [-0.2, -0.15) is 5.10 Å². The molecule has 1 saturated heterocycles. The highest BCUT2D eigenvalue weighted by atomic mass is 16.5. The molecular formula is C21H27N5O3. The molecule has 0 unspecified atom stereocenters. The SMILES string of the molecule is COc1ccc(C(=O)Nc2cn[nH]c2[C@H]2CCCN(CC(=O)NC3CC3)C2)cc1. The number of ether oxygens (including phenoxy) is 1. The molecule has 1 aromatic carbocycles. The average molecular weight is 397 g/mol. The van der Waals surface area contributed by atoms with Gasteiger partial charge in [0.05, 0.1) is 31.2 Å². The molecule has 1 saturated carbocycles. The van der Waals surface area contributed by atoms with Crippen molar-refractivity contribution < 1.29 is 14.3 Å². The van der Waals surface area contributed by atoms with Gasteiger partial charge in [0.15, 0.2) is 0 Å². The molecule has 8 nitrogen and oxygen atoms in total. The van der Waals surface area contributed by atoms with E-state index in [1.165, 1.54) is 0 Å². The fourth-order valence-corrected chi connectivity index (χ4v) is 3.78. The number of piperidine rings is 1. The molecule has 0 spiro atoms. The number of likely N-dealkylation sites (tertiary alicyclic amines) is 1. The van der Waals surface area contributed by atoms with Crippen LogP contribution in [0.25, 0.3) is 0 Å². The third-order valence-electron chi connectivity index (χ3n) is 5.49. The maximum atomic E-state index is 12.6. The van der Waals surface area contributed by atoms with Crippen LogP contribution in [0.5, 0.6) is 5.75 Å². The number of aromatic nitrogens is 2. The van der Waals surface area contributed by atoms with Gasteiger partial charge in [0.25, 0.3) is 5.91 Å². The minimum atomic E-state index is -0.188. The lowest BCUT2D eigenvalue weighted by Crippen LogP contribution is -2.42. The molecule has 8 heteroatoms. The summed E-state index contributed by atoms with van der Waals surface area (Å²) in [6.45, 7) is 2.11. The molecule has 1 atom stereocenters. The van der Waals surface area contributed by atoms with Crippen molar-refractivity contribution in [2.24, 2.45) is 0 Å². The number of benzene rings is 1. The second-order valence-corrected chi connectivity index (χ2v) is 7.80. The van der Waals surface area contributed by atoms with Crippen molar-refractivity contribution >= 4 is 17.5 Å². The normalized spacial score (nSPS) is 19.6. The lowest BCUT2D eigenvalue weighted by atomic mass is 9.94. The highest BCUT2D eigenvalue weighted by Gasteiger charge is 2.28. The van der Waals surface area contributed by atoms with Crippen LogP contribution in [0.1, 0.15) is 47.7 Å². The van der Waals surface area contributed by atoms with Crippen LogP contribution in [0.4, 0.5) is 5.69 Å². The van der Waals surface area contributed by atoms with Crippen molar-refractivity contribution in [3.63, 3.8) is 0 Å². The Morgan fingerprint density at radius 2 is 2.03 bits per heavy atom. The molecule has 2 aliphatic rings. The van der Waals surface area contributed by atoms with E-state index in [2.05, 4.69) is 25.7 Å². The molecule has 0 bridgehead atoms. The van der Waals surface area contributed by atoms with Crippen LogP contribution in [-0.4, -0.2) is 59.7 Å². The molecule has 1 aliphatic carbocycles. The predicted octanol–water partition coefficient (Wildman–Crippen LogP) is 2.13. The van der Waals surface area contributed by atoms with Crippen LogP contribution >= 0.6 is 0 Å². The number of hydrogen-bond acceptors (Lipinski definition) is 5. The van der Waals surface area contributed by atoms with Crippen molar-refractivity contribution in [2.45, 2.75) is 37.6 Å². The van der Waals surface area contributed by atoms with Gasteiger partial charge < -0.3 is 15.4 Å². The zero-order valence-corrected chi connectivity index (χ0v) is 16.6. The van der Waals surface area contributed by atoms with Gasteiger partial charge in [-0.3, -0.25) is 19.6 Å². The Bertz CT molecular complexity index is 859. The topological polar surface area (TPSA) is 99.3 Å². The van der Waals surface area contributed by atoms with Gasteiger partial charge >= 0.3 is 0 Å².